The number of para-hydroxylation sites is 1. The summed E-state index contributed by atoms with van der Waals surface area (Å²) >= 11 is 1.86. The van der Waals surface area contributed by atoms with E-state index in [2.05, 4.69) is 213 Å². The number of fused-ring (bicyclic) bond motifs is 9. The molecular formula is C62H53N3S. The van der Waals surface area contributed by atoms with Gasteiger partial charge in [-0.25, -0.2) is 0 Å². The van der Waals surface area contributed by atoms with E-state index in [4.69, 9.17) is 4.99 Å². The van der Waals surface area contributed by atoms with E-state index in [0.717, 1.165) is 76.2 Å². The van der Waals surface area contributed by atoms with Crippen LogP contribution in [0, 0.1) is 0 Å². The molecule has 1 aliphatic carbocycles. The Labute approximate surface area is 394 Å². The second kappa shape index (κ2) is 18.2. The molecule has 3 nitrogen and oxygen atoms in total. The monoisotopic (exact) mass is 871 g/mol. The Kier molecular flexibility index (Phi) is 11.8. The van der Waals surface area contributed by atoms with Crippen molar-refractivity contribution in [2.45, 2.75) is 47.1 Å². The van der Waals surface area contributed by atoms with Crippen LogP contribution in [0.1, 0.15) is 65.2 Å². The molecule has 2 aliphatic heterocycles. The number of hydrogen-bond acceptors (Lipinski definition) is 4. The number of nitrogens with one attached hydrogen (secondary N) is 2. The zero-order valence-corrected chi connectivity index (χ0v) is 38.1. The predicted molar refractivity (Wildman–Crippen MR) is 280 cm³/mol. The average molecular weight is 872 g/mol. The normalized spacial score (nSPS) is 14.9. The molecule has 0 saturated carbocycles. The van der Waals surface area contributed by atoms with Gasteiger partial charge in [0.2, 0.25) is 0 Å². The molecule has 66 heavy (non-hydrogen) atoms. The van der Waals surface area contributed by atoms with Crippen LogP contribution in [0.4, 0.5) is 5.69 Å². The maximum absolute atomic E-state index is 5.48. The van der Waals surface area contributed by atoms with Gasteiger partial charge in [-0.05, 0) is 117 Å². The lowest BCUT2D eigenvalue weighted by molar-refractivity contribution is 0.616. The van der Waals surface area contributed by atoms with Gasteiger partial charge in [0.05, 0.1) is 11.1 Å². The molecule has 0 bridgehead atoms. The number of benzene rings is 7. The molecular weight excluding hydrogens is 819 g/mol. The van der Waals surface area contributed by atoms with E-state index in [1.54, 1.807) is 0 Å². The predicted octanol–water partition coefficient (Wildman–Crippen LogP) is 15.8. The Hall–Kier alpha value is -7.40. The fourth-order valence-electron chi connectivity index (χ4n) is 9.92. The molecule has 322 valence electrons. The van der Waals surface area contributed by atoms with Crippen molar-refractivity contribution in [3.63, 3.8) is 0 Å². The SMILES string of the molecule is C=CCCC(=C)C(=C)CCC(=C)C1=CC(c2ccc(-c3ccccc3)cc2)=NC(c2ccc3c(c2)Sc2cc(-c4ccccc4NCC=C)ccc2C32c3ccccc3-c3ccccc32)N1. The van der Waals surface area contributed by atoms with Gasteiger partial charge in [-0.1, -0.05) is 200 Å². The van der Waals surface area contributed by atoms with E-state index in [0.29, 0.717) is 6.54 Å². The van der Waals surface area contributed by atoms with Crippen LogP contribution in [0.15, 0.2) is 252 Å². The molecule has 1 spiro atoms. The number of allylic oxidation sites excluding steroid dienone is 5. The van der Waals surface area contributed by atoms with Gasteiger partial charge in [-0.2, -0.15) is 0 Å². The van der Waals surface area contributed by atoms with E-state index in [9.17, 15) is 0 Å². The zero-order valence-electron chi connectivity index (χ0n) is 37.3. The molecule has 2 N–H and O–H groups in total. The molecule has 0 fully saturated rings. The van der Waals surface area contributed by atoms with Crippen molar-refractivity contribution in [1.82, 2.24) is 5.32 Å². The Balaban J connectivity index is 1.08. The summed E-state index contributed by atoms with van der Waals surface area (Å²) in [7, 11) is 0. The third-order valence-electron chi connectivity index (χ3n) is 13.3. The topological polar surface area (TPSA) is 36.4 Å². The highest BCUT2D eigenvalue weighted by Gasteiger charge is 2.50. The van der Waals surface area contributed by atoms with Crippen molar-refractivity contribution >= 4 is 23.2 Å². The lowest BCUT2D eigenvalue weighted by Gasteiger charge is -2.40. The van der Waals surface area contributed by atoms with Gasteiger partial charge in [0.15, 0.2) is 0 Å². The van der Waals surface area contributed by atoms with Crippen LogP contribution in [-0.4, -0.2) is 12.3 Å². The molecule has 10 rings (SSSR count). The average Bonchev–Trinajstić information content (AvgIpc) is 3.66. The van der Waals surface area contributed by atoms with Crippen molar-refractivity contribution in [2.75, 3.05) is 11.9 Å². The minimum Gasteiger partial charge on any atom is -0.381 e. The number of anilines is 1. The summed E-state index contributed by atoms with van der Waals surface area (Å²) in [5.74, 6) is 0. The summed E-state index contributed by atoms with van der Waals surface area (Å²) in [6.07, 6.45) is 8.96. The van der Waals surface area contributed by atoms with Gasteiger partial charge < -0.3 is 10.6 Å². The first-order valence-electron chi connectivity index (χ1n) is 22.8. The van der Waals surface area contributed by atoms with Crippen molar-refractivity contribution in [2.24, 2.45) is 4.99 Å². The van der Waals surface area contributed by atoms with Crippen molar-refractivity contribution < 1.29 is 0 Å². The highest BCUT2D eigenvalue weighted by atomic mass is 32.2. The van der Waals surface area contributed by atoms with Crippen LogP contribution in [0.5, 0.6) is 0 Å². The second-order valence-electron chi connectivity index (χ2n) is 17.3. The van der Waals surface area contributed by atoms with Crippen LogP contribution in [0.3, 0.4) is 0 Å². The molecule has 0 amide bonds. The minimum atomic E-state index is -0.507. The molecule has 0 radical (unpaired) electrons. The minimum absolute atomic E-state index is 0.350. The maximum atomic E-state index is 5.48. The summed E-state index contributed by atoms with van der Waals surface area (Å²) in [5, 5.41) is 7.42. The number of rotatable bonds is 15. The van der Waals surface area contributed by atoms with E-state index in [-0.39, 0.29) is 6.17 Å². The van der Waals surface area contributed by atoms with E-state index in [1.807, 2.05) is 23.9 Å². The van der Waals surface area contributed by atoms with Crippen LogP contribution in [0.25, 0.3) is 33.4 Å². The zero-order chi connectivity index (χ0) is 45.2. The highest BCUT2D eigenvalue weighted by Crippen LogP contribution is 2.62. The molecule has 4 heteroatoms. The van der Waals surface area contributed by atoms with Crippen molar-refractivity contribution in [1.29, 1.82) is 0 Å². The van der Waals surface area contributed by atoms with Crippen LogP contribution < -0.4 is 10.6 Å². The number of hydrogen-bond donors (Lipinski definition) is 2. The number of nitrogens with zero attached hydrogens (tertiary/aromatic N) is 1. The molecule has 7 aromatic rings. The smallest absolute Gasteiger partial charge is 0.145 e. The lowest BCUT2D eigenvalue weighted by atomic mass is 9.67. The number of aliphatic imine (C=N–C) groups is 1. The maximum Gasteiger partial charge on any atom is 0.145 e. The van der Waals surface area contributed by atoms with Crippen LogP contribution >= 0.6 is 11.8 Å². The van der Waals surface area contributed by atoms with Crippen LogP contribution in [-0.2, 0) is 5.41 Å². The summed E-state index contributed by atoms with van der Waals surface area (Å²) in [6.45, 7) is 21.9. The van der Waals surface area contributed by atoms with Gasteiger partial charge in [0.25, 0.3) is 0 Å². The summed E-state index contributed by atoms with van der Waals surface area (Å²) < 4.78 is 0. The van der Waals surface area contributed by atoms with Crippen molar-refractivity contribution in [3.8, 4) is 33.4 Å². The molecule has 1 atom stereocenters. The Bertz CT molecular complexity index is 3080. The van der Waals surface area contributed by atoms with Gasteiger partial charge >= 0.3 is 0 Å². The van der Waals surface area contributed by atoms with E-state index >= 15 is 0 Å². The van der Waals surface area contributed by atoms with Crippen molar-refractivity contribution in [3.05, 3.63) is 271 Å². The van der Waals surface area contributed by atoms with E-state index < -0.39 is 5.41 Å². The van der Waals surface area contributed by atoms with E-state index in [1.165, 1.54) is 59.9 Å². The van der Waals surface area contributed by atoms with Gasteiger partial charge in [0.1, 0.15) is 6.17 Å². The summed E-state index contributed by atoms with van der Waals surface area (Å²) in [6, 6.07) is 59.9. The fourth-order valence-corrected chi connectivity index (χ4v) is 11.2. The molecule has 2 heterocycles. The largest absolute Gasteiger partial charge is 0.381 e. The summed E-state index contributed by atoms with van der Waals surface area (Å²) in [4.78, 5) is 7.94. The third kappa shape index (κ3) is 7.71. The Morgan fingerprint density at radius 1 is 0.576 bits per heavy atom. The first-order chi connectivity index (χ1) is 32.4. The molecule has 0 aromatic heterocycles. The lowest BCUT2D eigenvalue weighted by Crippen LogP contribution is -2.32. The van der Waals surface area contributed by atoms with Gasteiger partial charge in [-0.15, -0.1) is 13.2 Å². The fraction of sp³-hybridized carbons (Fsp3) is 0.113. The Morgan fingerprint density at radius 3 is 1.88 bits per heavy atom. The molecule has 1 unspecified atom stereocenters. The molecule has 7 aromatic carbocycles. The van der Waals surface area contributed by atoms with Gasteiger partial charge in [0, 0.05) is 33.3 Å². The van der Waals surface area contributed by atoms with Gasteiger partial charge in [-0.3, -0.25) is 4.99 Å². The molecule has 0 saturated heterocycles. The van der Waals surface area contributed by atoms with Crippen LogP contribution in [0.2, 0.25) is 0 Å². The third-order valence-corrected chi connectivity index (χ3v) is 14.5. The Morgan fingerprint density at radius 2 is 1.17 bits per heavy atom. The standard InChI is InChI=1S/C62H53N3S/c1-6-8-18-41(3)42(4)27-28-43(5)57-40-58(46-31-29-45(30-32-46)44-19-10-9-11-20-44)65-61(64-57)48-34-36-55-60(39-48)66-59-38-47(49-21-14-17-26-56(49)63-37-7-2)33-35-54(59)62(55)52-24-15-12-22-50(52)51-23-13-16-25-53(51)62/h6-7,9-17,19-26,29-36,38-40,61,63-64H,1-5,8,18,27-28,37H2. The highest BCUT2D eigenvalue weighted by molar-refractivity contribution is 7.99. The summed E-state index contributed by atoms with van der Waals surface area (Å²) in [5.41, 5.74) is 20.3. The first kappa shape index (κ1) is 42.5. The second-order valence-corrected chi connectivity index (χ2v) is 18.4. The molecule has 3 aliphatic rings. The first-order valence-corrected chi connectivity index (χ1v) is 23.7. The quantitative estimate of drug-likeness (QED) is 0.0796.